The van der Waals surface area contributed by atoms with E-state index in [2.05, 4.69) is 77.8 Å². The Balaban J connectivity index is 2.12. The topological polar surface area (TPSA) is 15.8 Å². The molecule has 23 heavy (non-hydrogen) atoms. The number of nitrogens with one attached hydrogen (secondary N) is 1. The van der Waals surface area contributed by atoms with Crippen LogP contribution in [0.25, 0.3) is 54.1 Å². The van der Waals surface area contributed by atoms with E-state index in [9.17, 15) is 0 Å². The Hall–Kier alpha value is -3.06. The van der Waals surface area contributed by atoms with E-state index in [-0.39, 0.29) is 0 Å². The van der Waals surface area contributed by atoms with E-state index in [0.717, 1.165) is 0 Å². The van der Waals surface area contributed by atoms with E-state index in [0.29, 0.717) is 0 Å². The zero-order chi connectivity index (χ0) is 15.0. The summed E-state index contributed by atoms with van der Waals surface area (Å²) >= 11 is 0. The summed E-state index contributed by atoms with van der Waals surface area (Å²) in [6.07, 6.45) is 0. The SMILES string of the molecule is c1ccc2c(c1)ccc1c3cccc4[nH]c5cccc(c21)c5c43. The average Bonchev–Trinajstić information content (AvgIpc) is 3.00. The fourth-order valence-electron chi connectivity index (χ4n) is 4.22. The van der Waals surface area contributed by atoms with Gasteiger partial charge in [-0.3, -0.25) is 0 Å². The van der Waals surface area contributed by atoms with Crippen molar-refractivity contribution in [2.75, 3.05) is 0 Å². The largest absolute Gasteiger partial charge is 0.354 e. The molecule has 0 aliphatic rings. The van der Waals surface area contributed by atoms with Crippen molar-refractivity contribution in [1.29, 1.82) is 0 Å². The maximum Gasteiger partial charge on any atom is 0.0471 e. The van der Waals surface area contributed by atoms with Crippen LogP contribution in [0.4, 0.5) is 0 Å². The lowest BCUT2D eigenvalue weighted by Crippen LogP contribution is -1.83. The lowest BCUT2D eigenvalue weighted by Gasteiger charge is -2.11. The van der Waals surface area contributed by atoms with E-state index in [1.54, 1.807) is 0 Å². The van der Waals surface area contributed by atoms with E-state index in [1.165, 1.54) is 54.1 Å². The molecule has 0 radical (unpaired) electrons. The van der Waals surface area contributed by atoms with Crippen LogP contribution in [0.15, 0.2) is 72.8 Å². The summed E-state index contributed by atoms with van der Waals surface area (Å²) < 4.78 is 0. The van der Waals surface area contributed by atoms with Crippen LogP contribution in [0.5, 0.6) is 0 Å². The molecule has 0 bridgehead atoms. The van der Waals surface area contributed by atoms with Gasteiger partial charge >= 0.3 is 0 Å². The number of aromatic amines is 1. The molecule has 0 fully saturated rings. The number of hydrogen-bond donors (Lipinski definition) is 1. The van der Waals surface area contributed by atoms with Crippen LogP contribution in [-0.2, 0) is 0 Å². The molecule has 0 saturated carbocycles. The van der Waals surface area contributed by atoms with Crippen molar-refractivity contribution in [3.05, 3.63) is 72.8 Å². The minimum Gasteiger partial charge on any atom is -0.354 e. The number of hydrogen-bond acceptors (Lipinski definition) is 0. The van der Waals surface area contributed by atoms with Gasteiger partial charge < -0.3 is 4.98 Å². The number of aromatic nitrogens is 1. The second-order valence-electron chi connectivity index (χ2n) is 6.29. The number of H-pyrrole nitrogens is 1. The maximum absolute atomic E-state index is 3.58. The van der Waals surface area contributed by atoms with E-state index in [4.69, 9.17) is 0 Å². The van der Waals surface area contributed by atoms with Crippen LogP contribution in [0, 0.1) is 0 Å². The second kappa shape index (κ2) is 3.82. The van der Waals surface area contributed by atoms with Gasteiger partial charge in [0.05, 0.1) is 0 Å². The van der Waals surface area contributed by atoms with Crippen molar-refractivity contribution in [2.24, 2.45) is 0 Å². The van der Waals surface area contributed by atoms with Crippen LogP contribution < -0.4 is 0 Å². The standard InChI is InChI=1S/C22H13N/c1-2-6-14-13(5-1)11-12-16-15-7-3-9-18-21(15)22-17(20(14)16)8-4-10-19(22)23-18/h1-12,23H. The molecule has 106 valence electrons. The van der Waals surface area contributed by atoms with Gasteiger partial charge in [-0.2, -0.15) is 0 Å². The smallest absolute Gasteiger partial charge is 0.0471 e. The minimum atomic E-state index is 1.23. The number of fused-ring (bicyclic) bond motifs is 5. The molecule has 0 unspecified atom stereocenters. The van der Waals surface area contributed by atoms with Crippen molar-refractivity contribution in [3.8, 4) is 0 Å². The summed E-state index contributed by atoms with van der Waals surface area (Å²) in [7, 11) is 0. The molecule has 1 heteroatoms. The summed E-state index contributed by atoms with van der Waals surface area (Å²) in [5.74, 6) is 0. The van der Waals surface area contributed by atoms with Crippen molar-refractivity contribution in [1.82, 2.24) is 4.98 Å². The highest BCUT2D eigenvalue weighted by Crippen LogP contribution is 2.42. The molecule has 5 aromatic carbocycles. The Morgan fingerprint density at radius 2 is 1.09 bits per heavy atom. The molecular formula is C22H13N. The summed E-state index contributed by atoms with van der Waals surface area (Å²) in [5.41, 5.74) is 2.45. The van der Waals surface area contributed by atoms with Crippen LogP contribution in [-0.4, -0.2) is 4.98 Å². The lowest BCUT2D eigenvalue weighted by atomic mass is 9.91. The molecule has 0 saturated heterocycles. The summed E-state index contributed by atoms with van der Waals surface area (Å²) in [6.45, 7) is 0. The molecule has 0 aliphatic carbocycles. The van der Waals surface area contributed by atoms with Gasteiger partial charge in [0.15, 0.2) is 0 Å². The van der Waals surface area contributed by atoms with E-state index in [1.807, 2.05) is 0 Å². The summed E-state index contributed by atoms with van der Waals surface area (Å²) in [5, 5.41) is 10.8. The van der Waals surface area contributed by atoms with Gasteiger partial charge in [-0.1, -0.05) is 60.7 Å². The number of rotatable bonds is 0. The highest BCUT2D eigenvalue weighted by molar-refractivity contribution is 6.37. The first-order valence-electron chi connectivity index (χ1n) is 7.98. The van der Waals surface area contributed by atoms with Gasteiger partial charge in [-0.15, -0.1) is 0 Å². The minimum absolute atomic E-state index is 1.23. The third-order valence-electron chi connectivity index (χ3n) is 5.14. The Labute approximate surface area is 132 Å². The normalized spacial score (nSPS) is 12.3. The summed E-state index contributed by atoms with van der Waals surface area (Å²) in [6, 6.07) is 26.4. The van der Waals surface area contributed by atoms with Crippen molar-refractivity contribution >= 4 is 54.1 Å². The molecule has 0 amide bonds. The van der Waals surface area contributed by atoms with E-state index >= 15 is 0 Å². The monoisotopic (exact) mass is 291 g/mol. The quantitative estimate of drug-likeness (QED) is 0.320. The molecule has 0 spiro atoms. The van der Waals surface area contributed by atoms with Gasteiger partial charge in [-0.05, 0) is 44.5 Å². The molecule has 1 nitrogen and oxygen atoms in total. The molecule has 6 rings (SSSR count). The van der Waals surface area contributed by atoms with E-state index < -0.39 is 0 Å². The molecule has 1 heterocycles. The van der Waals surface area contributed by atoms with Crippen molar-refractivity contribution in [3.63, 3.8) is 0 Å². The Morgan fingerprint density at radius 1 is 0.435 bits per heavy atom. The fraction of sp³-hybridized carbons (Fsp3) is 0. The molecule has 0 atom stereocenters. The third kappa shape index (κ3) is 1.29. The molecular weight excluding hydrogens is 278 g/mol. The van der Waals surface area contributed by atoms with Crippen molar-refractivity contribution in [2.45, 2.75) is 0 Å². The first kappa shape index (κ1) is 11.5. The maximum atomic E-state index is 3.58. The summed E-state index contributed by atoms with van der Waals surface area (Å²) in [4.78, 5) is 3.58. The number of benzene rings is 5. The zero-order valence-electron chi connectivity index (χ0n) is 12.4. The van der Waals surface area contributed by atoms with Crippen LogP contribution in [0.3, 0.4) is 0 Å². The predicted molar refractivity (Wildman–Crippen MR) is 99.5 cm³/mol. The molecule has 0 aliphatic heterocycles. The van der Waals surface area contributed by atoms with Crippen LogP contribution >= 0.6 is 0 Å². The third-order valence-corrected chi connectivity index (χ3v) is 5.14. The first-order valence-corrected chi connectivity index (χ1v) is 7.98. The Kier molecular flexibility index (Phi) is 1.91. The fourth-order valence-corrected chi connectivity index (χ4v) is 4.22. The Morgan fingerprint density at radius 3 is 1.96 bits per heavy atom. The molecule has 1 aromatic heterocycles. The van der Waals surface area contributed by atoms with Crippen LogP contribution in [0.1, 0.15) is 0 Å². The highest BCUT2D eigenvalue weighted by Gasteiger charge is 2.15. The average molecular weight is 291 g/mol. The molecule has 6 aromatic rings. The van der Waals surface area contributed by atoms with Crippen molar-refractivity contribution < 1.29 is 0 Å². The zero-order valence-corrected chi connectivity index (χ0v) is 12.4. The lowest BCUT2D eigenvalue weighted by molar-refractivity contribution is 1.55. The van der Waals surface area contributed by atoms with Crippen LogP contribution in [0.2, 0.25) is 0 Å². The molecule has 1 N–H and O–H groups in total. The first-order chi connectivity index (χ1) is 11.4. The van der Waals surface area contributed by atoms with Gasteiger partial charge in [-0.25, -0.2) is 0 Å². The van der Waals surface area contributed by atoms with Gasteiger partial charge in [0, 0.05) is 21.8 Å². The highest BCUT2D eigenvalue weighted by atomic mass is 14.7. The predicted octanol–water partition coefficient (Wildman–Crippen LogP) is 6.22. The second-order valence-corrected chi connectivity index (χ2v) is 6.29. The van der Waals surface area contributed by atoms with Gasteiger partial charge in [0.25, 0.3) is 0 Å². The Bertz CT molecular complexity index is 1350. The van der Waals surface area contributed by atoms with Gasteiger partial charge in [0.2, 0.25) is 0 Å². The van der Waals surface area contributed by atoms with Gasteiger partial charge in [0.1, 0.15) is 0 Å².